The fourth-order valence-corrected chi connectivity index (χ4v) is 3.57. The number of thiazole rings is 1. The number of non-ortho nitro benzene ring substituents is 1. The monoisotopic (exact) mass is 336 g/mol. The summed E-state index contributed by atoms with van der Waals surface area (Å²) in [5.74, 6) is 0. The molecule has 8 nitrogen and oxygen atoms in total. The molecular weight excluding hydrogens is 320 g/mol. The van der Waals surface area contributed by atoms with Crippen LogP contribution in [-0.2, 0) is 4.74 Å². The molecule has 1 fully saturated rings. The normalized spacial score (nSPS) is 15.6. The van der Waals surface area contributed by atoms with Gasteiger partial charge in [0, 0.05) is 31.3 Å². The Labute approximate surface area is 136 Å². The number of nitrogens with zero attached hydrogens (tertiary/aromatic N) is 3. The van der Waals surface area contributed by atoms with Gasteiger partial charge in [0.2, 0.25) is 0 Å². The van der Waals surface area contributed by atoms with Gasteiger partial charge in [-0.3, -0.25) is 10.1 Å². The van der Waals surface area contributed by atoms with Gasteiger partial charge in [0.15, 0.2) is 5.13 Å². The van der Waals surface area contributed by atoms with Crippen molar-refractivity contribution in [2.45, 2.75) is 18.9 Å². The molecule has 0 saturated carbocycles. The maximum atomic E-state index is 11.5. The van der Waals surface area contributed by atoms with Crippen LogP contribution in [0.4, 0.5) is 15.6 Å². The third-order valence-corrected chi connectivity index (χ3v) is 4.79. The van der Waals surface area contributed by atoms with E-state index < -0.39 is 4.92 Å². The second-order valence-corrected chi connectivity index (χ2v) is 6.33. The number of hydrogen-bond donors (Lipinski definition) is 1. The van der Waals surface area contributed by atoms with Gasteiger partial charge < -0.3 is 15.0 Å². The lowest BCUT2D eigenvalue weighted by Gasteiger charge is -2.31. The molecule has 122 valence electrons. The number of nitro groups is 1. The lowest BCUT2D eigenvalue weighted by Crippen LogP contribution is -2.42. The minimum absolute atomic E-state index is 0.0686. The third-order valence-electron chi connectivity index (χ3n) is 3.84. The smallest absolute Gasteiger partial charge is 0.409 e. The second kappa shape index (κ2) is 6.37. The summed E-state index contributed by atoms with van der Waals surface area (Å²) >= 11 is 1.40. The zero-order valence-electron chi connectivity index (χ0n) is 12.5. The van der Waals surface area contributed by atoms with Crippen molar-refractivity contribution in [3.8, 4) is 0 Å². The van der Waals surface area contributed by atoms with E-state index in [0.29, 0.717) is 13.1 Å². The van der Waals surface area contributed by atoms with E-state index in [1.807, 2.05) is 0 Å². The molecule has 0 spiro atoms. The van der Waals surface area contributed by atoms with Crippen molar-refractivity contribution >= 4 is 38.5 Å². The van der Waals surface area contributed by atoms with Crippen LogP contribution in [0.2, 0.25) is 0 Å². The lowest BCUT2D eigenvalue weighted by molar-refractivity contribution is -0.384. The average molecular weight is 336 g/mol. The largest absolute Gasteiger partial charge is 0.453 e. The molecule has 0 unspecified atom stereocenters. The number of aromatic nitrogens is 1. The first kappa shape index (κ1) is 15.5. The number of carbonyl (C=O) groups excluding carboxylic acids is 1. The Bertz CT molecular complexity index is 739. The number of methoxy groups -OCH3 is 1. The predicted octanol–water partition coefficient (Wildman–Crippen LogP) is 2.85. The zero-order valence-corrected chi connectivity index (χ0v) is 13.3. The van der Waals surface area contributed by atoms with Gasteiger partial charge in [-0.15, -0.1) is 0 Å². The number of ether oxygens (including phenoxy) is 1. The van der Waals surface area contributed by atoms with E-state index in [4.69, 9.17) is 4.74 Å². The van der Waals surface area contributed by atoms with Crippen molar-refractivity contribution in [2.75, 3.05) is 25.5 Å². The van der Waals surface area contributed by atoms with Crippen molar-refractivity contribution < 1.29 is 14.5 Å². The van der Waals surface area contributed by atoms with Crippen molar-refractivity contribution in [3.05, 3.63) is 28.3 Å². The van der Waals surface area contributed by atoms with Gasteiger partial charge in [0.25, 0.3) is 5.69 Å². The number of hydrogen-bond acceptors (Lipinski definition) is 7. The fraction of sp³-hybridized carbons (Fsp3) is 0.429. The van der Waals surface area contributed by atoms with Crippen LogP contribution in [0.15, 0.2) is 18.2 Å². The van der Waals surface area contributed by atoms with Gasteiger partial charge in [-0.05, 0) is 18.9 Å². The fourth-order valence-electron chi connectivity index (χ4n) is 2.60. The number of amides is 1. The highest BCUT2D eigenvalue weighted by molar-refractivity contribution is 7.22. The molecule has 1 aliphatic rings. The average Bonchev–Trinajstić information content (AvgIpc) is 2.96. The van der Waals surface area contributed by atoms with Crippen LogP contribution < -0.4 is 5.32 Å². The van der Waals surface area contributed by atoms with Crippen LogP contribution in [0.25, 0.3) is 10.2 Å². The number of nitro benzene ring substituents is 1. The van der Waals surface area contributed by atoms with Crippen molar-refractivity contribution in [3.63, 3.8) is 0 Å². The SMILES string of the molecule is COC(=O)N1CCC(Nc2nc3ccc([N+](=O)[O-])cc3s2)CC1. The Balaban J connectivity index is 1.66. The molecule has 2 aromatic rings. The molecule has 1 aliphatic heterocycles. The predicted molar refractivity (Wildman–Crippen MR) is 86.9 cm³/mol. The third kappa shape index (κ3) is 3.34. The van der Waals surface area contributed by atoms with Crippen LogP contribution in [0.5, 0.6) is 0 Å². The maximum Gasteiger partial charge on any atom is 0.409 e. The summed E-state index contributed by atoms with van der Waals surface area (Å²) in [5.41, 5.74) is 0.814. The van der Waals surface area contributed by atoms with Crippen LogP contribution in [0.3, 0.4) is 0 Å². The summed E-state index contributed by atoms with van der Waals surface area (Å²) in [6.07, 6.45) is 1.33. The summed E-state index contributed by atoms with van der Waals surface area (Å²) < 4.78 is 5.50. The molecular formula is C14H16N4O4S. The van der Waals surface area contributed by atoms with E-state index >= 15 is 0 Å². The molecule has 0 radical (unpaired) electrons. The first-order valence-corrected chi connectivity index (χ1v) is 8.03. The van der Waals surface area contributed by atoms with E-state index in [-0.39, 0.29) is 17.8 Å². The molecule has 0 atom stereocenters. The summed E-state index contributed by atoms with van der Waals surface area (Å²) in [6.45, 7) is 1.28. The Morgan fingerprint density at radius 1 is 1.48 bits per heavy atom. The molecule has 2 heterocycles. The first-order chi connectivity index (χ1) is 11.1. The molecule has 0 aliphatic carbocycles. The van der Waals surface area contributed by atoms with Crippen LogP contribution in [0.1, 0.15) is 12.8 Å². The molecule has 1 saturated heterocycles. The molecule has 1 aromatic heterocycles. The summed E-state index contributed by atoms with van der Waals surface area (Å²) in [7, 11) is 1.38. The number of carbonyl (C=O) groups is 1. The van der Waals surface area contributed by atoms with Gasteiger partial charge in [-0.2, -0.15) is 0 Å². The molecule has 23 heavy (non-hydrogen) atoms. The Morgan fingerprint density at radius 3 is 2.87 bits per heavy atom. The van der Waals surface area contributed by atoms with Gasteiger partial charge >= 0.3 is 6.09 Å². The first-order valence-electron chi connectivity index (χ1n) is 7.21. The Kier molecular flexibility index (Phi) is 4.28. The summed E-state index contributed by atoms with van der Waals surface area (Å²) in [4.78, 5) is 28.0. The van der Waals surface area contributed by atoms with Crippen LogP contribution in [-0.4, -0.2) is 47.1 Å². The van der Waals surface area contributed by atoms with E-state index in [2.05, 4.69) is 10.3 Å². The quantitative estimate of drug-likeness (QED) is 0.684. The number of fused-ring (bicyclic) bond motifs is 1. The van der Waals surface area contributed by atoms with E-state index in [1.165, 1.54) is 30.6 Å². The molecule has 3 rings (SSSR count). The van der Waals surface area contributed by atoms with Crippen LogP contribution >= 0.6 is 11.3 Å². The molecule has 0 bridgehead atoms. The number of piperidine rings is 1. The highest BCUT2D eigenvalue weighted by Crippen LogP contribution is 2.30. The van der Waals surface area contributed by atoms with Gasteiger partial charge in [0.1, 0.15) is 0 Å². The molecule has 1 N–H and O–H groups in total. The number of anilines is 1. The minimum Gasteiger partial charge on any atom is -0.453 e. The van der Waals surface area contributed by atoms with E-state index in [9.17, 15) is 14.9 Å². The lowest BCUT2D eigenvalue weighted by atomic mass is 10.1. The number of nitrogens with one attached hydrogen (secondary N) is 1. The number of rotatable bonds is 3. The summed E-state index contributed by atoms with van der Waals surface area (Å²) in [5, 5.41) is 14.9. The van der Waals surface area contributed by atoms with Crippen LogP contribution in [0, 0.1) is 10.1 Å². The Hall–Kier alpha value is -2.42. The molecule has 1 aromatic carbocycles. The maximum absolute atomic E-state index is 11.5. The van der Waals surface area contributed by atoms with Gasteiger partial charge in [-0.25, -0.2) is 9.78 Å². The highest BCUT2D eigenvalue weighted by atomic mass is 32.1. The minimum atomic E-state index is -0.408. The van der Waals surface area contributed by atoms with Gasteiger partial charge in [0.05, 0.1) is 22.2 Å². The van der Waals surface area contributed by atoms with Crippen molar-refractivity contribution in [1.29, 1.82) is 0 Å². The Morgan fingerprint density at radius 2 is 2.22 bits per heavy atom. The molecule has 9 heteroatoms. The van der Waals surface area contributed by atoms with E-state index in [0.717, 1.165) is 28.2 Å². The number of likely N-dealkylation sites (tertiary alicyclic amines) is 1. The van der Waals surface area contributed by atoms with Crippen molar-refractivity contribution in [1.82, 2.24) is 9.88 Å². The van der Waals surface area contributed by atoms with E-state index in [1.54, 1.807) is 11.0 Å². The topological polar surface area (TPSA) is 97.6 Å². The van der Waals surface area contributed by atoms with Crippen molar-refractivity contribution in [2.24, 2.45) is 0 Å². The summed E-state index contributed by atoms with van der Waals surface area (Å²) in [6, 6.07) is 4.89. The molecule has 1 amide bonds. The standard InChI is InChI=1S/C14H16N4O4S/c1-22-14(19)17-6-4-9(5-7-17)15-13-16-11-3-2-10(18(20)21)8-12(11)23-13/h2-3,8-9H,4-7H2,1H3,(H,15,16). The van der Waals surface area contributed by atoms with Gasteiger partial charge in [-0.1, -0.05) is 11.3 Å². The second-order valence-electron chi connectivity index (χ2n) is 5.30. The highest BCUT2D eigenvalue weighted by Gasteiger charge is 2.23. The zero-order chi connectivity index (χ0) is 16.4. The number of benzene rings is 1.